The third-order valence-electron chi connectivity index (χ3n) is 4.99. The van der Waals surface area contributed by atoms with Crippen molar-refractivity contribution in [1.29, 1.82) is 0 Å². The molecular formula is C18H27NO5S. The molecule has 1 aliphatic carbocycles. The van der Waals surface area contributed by atoms with Crippen LogP contribution in [0.1, 0.15) is 31.2 Å². The van der Waals surface area contributed by atoms with E-state index < -0.39 is 10.0 Å². The van der Waals surface area contributed by atoms with Crippen LogP contribution in [0, 0.1) is 12.8 Å². The molecule has 1 aromatic carbocycles. The summed E-state index contributed by atoms with van der Waals surface area (Å²) >= 11 is 0. The predicted octanol–water partition coefficient (Wildman–Crippen LogP) is 2.26. The van der Waals surface area contributed by atoms with E-state index in [0.717, 1.165) is 5.56 Å². The zero-order valence-electron chi connectivity index (χ0n) is 14.9. The number of nitrogens with one attached hydrogen (secondary N) is 1. The van der Waals surface area contributed by atoms with Crippen LogP contribution in [-0.4, -0.2) is 47.5 Å². The Labute approximate surface area is 149 Å². The van der Waals surface area contributed by atoms with Gasteiger partial charge in [0.15, 0.2) is 0 Å². The molecule has 0 radical (unpaired) electrons. The van der Waals surface area contributed by atoms with Crippen molar-refractivity contribution >= 4 is 10.0 Å². The van der Waals surface area contributed by atoms with Crippen LogP contribution in [0.15, 0.2) is 23.1 Å². The van der Waals surface area contributed by atoms with Crippen molar-refractivity contribution in [2.24, 2.45) is 5.92 Å². The fourth-order valence-electron chi connectivity index (χ4n) is 3.19. The third kappa shape index (κ3) is 4.53. The van der Waals surface area contributed by atoms with Crippen LogP contribution >= 0.6 is 0 Å². The Hall–Kier alpha value is -1.15. The lowest BCUT2D eigenvalue weighted by molar-refractivity contribution is -0.0797. The van der Waals surface area contributed by atoms with Gasteiger partial charge < -0.3 is 14.2 Å². The summed E-state index contributed by atoms with van der Waals surface area (Å²) in [6.45, 7) is 3.53. The topological polar surface area (TPSA) is 73.9 Å². The molecule has 0 amide bonds. The number of hydrogen-bond donors (Lipinski definition) is 1. The van der Waals surface area contributed by atoms with Crippen molar-refractivity contribution in [3.63, 3.8) is 0 Å². The summed E-state index contributed by atoms with van der Waals surface area (Å²) in [5.41, 5.74) is 0.948. The van der Waals surface area contributed by atoms with Gasteiger partial charge in [-0.15, -0.1) is 0 Å². The van der Waals surface area contributed by atoms with Gasteiger partial charge in [-0.2, -0.15) is 0 Å². The Morgan fingerprint density at radius 1 is 1.28 bits per heavy atom. The standard InChI is InChI=1S/C18H27NO5S/c1-13-6-7-18(16(10-13)22-2)25(20,21)19-15-8-9-23-12-17(15)24-11-14-4-3-5-14/h6-7,10,14-15,17,19H,3-5,8-9,11-12H2,1-2H3/t15-,17-/m1/s1. The van der Waals surface area contributed by atoms with Crippen molar-refractivity contribution in [2.75, 3.05) is 26.9 Å². The number of benzene rings is 1. The van der Waals surface area contributed by atoms with Crippen LogP contribution in [0.4, 0.5) is 0 Å². The van der Waals surface area contributed by atoms with E-state index in [-0.39, 0.29) is 17.0 Å². The van der Waals surface area contributed by atoms with Crippen LogP contribution in [0.3, 0.4) is 0 Å². The van der Waals surface area contributed by atoms with Gasteiger partial charge >= 0.3 is 0 Å². The number of ether oxygens (including phenoxy) is 3. The van der Waals surface area contributed by atoms with Gasteiger partial charge in [0.05, 0.1) is 25.9 Å². The molecular weight excluding hydrogens is 342 g/mol. The van der Waals surface area contributed by atoms with E-state index in [9.17, 15) is 8.42 Å². The molecule has 1 saturated heterocycles. The summed E-state index contributed by atoms with van der Waals surface area (Å²) in [5, 5.41) is 0. The minimum absolute atomic E-state index is 0.157. The van der Waals surface area contributed by atoms with E-state index >= 15 is 0 Å². The van der Waals surface area contributed by atoms with Crippen molar-refractivity contribution in [2.45, 2.75) is 49.6 Å². The Balaban J connectivity index is 1.71. The number of methoxy groups -OCH3 is 1. The van der Waals surface area contributed by atoms with E-state index in [1.807, 2.05) is 6.92 Å². The molecule has 2 aliphatic rings. The molecule has 2 fully saturated rings. The highest BCUT2D eigenvalue weighted by molar-refractivity contribution is 7.89. The molecule has 1 aromatic rings. The van der Waals surface area contributed by atoms with Gasteiger partial charge in [0.25, 0.3) is 0 Å². The van der Waals surface area contributed by atoms with Gasteiger partial charge in [0, 0.05) is 13.2 Å². The minimum atomic E-state index is -3.69. The van der Waals surface area contributed by atoms with E-state index in [1.54, 1.807) is 18.2 Å². The van der Waals surface area contributed by atoms with Crippen molar-refractivity contribution < 1.29 is 22.6 Å². The van der Waals surface area contributed by atoms with Gasteiger partial charge in [0.2, 0.25) is 10.0 Å². The summed E-state index contributed by atoms with van der Waals surface area (Å²) in [6, 6.07) is 4.79. The summed E-state index contributed by atoms with van der Waals surface area (Å²) in [6.07, 6.45) is 4.01. The summed E-state index contributed by atoms with van der Waals surface area (Å²) in [7, 11) is -2.21. The molecule has 1 saturated carbocycles. The first-order valence-electron chi connectivity index (χ1n) is 8.86. The molecule has 7 heteroatoms. The smallest absolute Gasteiger partial charge is 0.244 e. The highest BCUT2D eigenvalue weighted by Crippen LogP contribution is 2.28. The van der Waals surface area contributed by atoms with Gasteiger partial charge in [-0.3, -0.25) is 0 Å². The average Bonchev–Trinajstić information content (AvgIpc) is 2.54. The predicted molar refractivity (Wildman–Crippen MR) is 94.4 cm³/mol. The average molecular weight is 369 g/mol. The highest BCUT2D eigenvalue weighted by atomic mass is 32.2. The minimum Gasteiger partial charge on any atom is -0.495 e. The molecule has 1 heterocycles. The fraction of sp³-hybridized carbons (Fsp3) is 0.667. The SMILES string of the molecule is COc1cc(C)ccc1S(=O)(=O)N[C@@H]1CCOC[C@H]1OCC1CCC1. The number of aryl methyl sites for hydroxylation is 1. The summed E-state index contributed by atoms with van der Waals surface area (Å²) < 4.78 is 45.2. The largest absolute Gasteiger partial charge is 0.495 e. The lowest BCUT2D eigenvalue weighted by atomic mass is 9.86. The molecule has 0 bridgehead atoms. The Morgan fingerprint density at radius 2 is 2.08 bits per heavy atom. The van der Waals surface area contributed by atoms with Crippen LogP contribution in [0.25, 0.3) is 0 Å². The zero-order valence-corrected chi connectivity index (χ0v) is 15.7. The third-order valence-corrected chi connectivity index (χ3v) is 6.52. The van der Waals surface area contributed by atoms with E-state index in [4.69, 9.17) is 14.2 Å². The molecule has 1 N–H and O–H groups in total. The molecule has 0 spiro atoms. The van der Waals surface area contributed by atoms with Crippen molar-refractivity contribution in [3.05, 3.63) is 23.8 Å². The molecule has 3 rings (SSSR count). The molecule has 140 valence electrons. The first-order chi connectivity index (χ1) is 12.0. The van der Waals surface area contributed by atoms with Crippen LogP contribution in [0.5, 0.6) is 5.75 Å². The maximum atomic E-state index is 12.9. The van der Waals surface area contributed by atoms with E-state index in [0.29, 0.717) is 37.9 Å². The number of hydrogen-bond acceptors (Lipinski definition) is 5. The Morgan fingerprint density at radius 3 is 2.76 bits per heavy atom. The fourth-order valence-corrected chi connectivity index (χ4v) is 4.64. The normalized spacial score (nSPS) is 24.7. The monoisotopic (exact) mass is 369 g/mol. The second kappa shape index (κ2) is 8.03. The highest BCUT2D eigenvalue weighted by Gasteiger charge is 2.33. The Bertz CT molecular complexity index is 687. The molecule has 1 aliphatic heterocycles. The van der Waals surface area contributed by atoms with Gasteiger partial charge in [-0.1, -0.05) is 12.5 Å². The molecule has 0 aromatic heterocycles. The van der Waals surface area contributed by atoms with Gasteiger partial charge in [-0.05, 0) is 49.8 Å². The number of sulfonamides is 1. The lowest BCUT2D eigenvalue weighted by Gasteiger charge is -2.34. The second-order valence-corrected chi connectivity index (χ2v) is 8.60. The van der Waals surface area contributed by atoms with Crippen LogP contribution in [0.2, 0.25) is 0 Å². The molecule has 25 heavy (non-hydrogen) atoms. The molecule has 6 nitrogen and oxygen atoms in total. The molecule has 2 atom stereocenters. The van der Waals surface area contributed by atoms with Gasteiger partial charge in [-0.25, -0.2) is 13.1 Å². The summed E-state index contributed by atoms with van der Waals surface area (Å²) in [5.74, 6) is 0.961. The number of rotatable bonds is 7. The first kappa shape index (κ1) is 18.6. The van der Waals surface area contributed by atoms with Crippen molar-refractivity contribution in [3.8, 4) is 5.75 Å². The van der Waals surface area contributed by atoms with E-state index in [2.05, 4.69) is 4.72 Å². The second-order valence-electron chi connectivity index (χ2n) is 6.91. The van der Waals surface area contributed by atoms with E-state index in [1.165, 1.54) is 26.4 Å². The van der Waals surface area contributed by atoms with Crippen molar-refractivity contribution in [1.82, 2.24) is 4.72 Å². The summed E-state index contributed by atoms with van der Waals surface area (Å²) in [4.78, 5) is 0.157. The quantitative estimate of drug-likeness (QED) is 0.798. The van der Waals surface area contributed by atoms with Gasteiger partial charge in [0.1, 0.15) is 10.6 Å². The first-order valence-corrected chi connectivity index (χ1v) is 10.3. The van der Waals surface area contributed by atoms with Crippen LogP contribution < -0.4 is 9.46 Å². The zero-order chi connectivity index (χ0) is 17.9. The Kier molecular flexibility index (Phi) is 5.99. The maximum Gasteiger partial charge on any atom is 0.244 e. The van der Waals surface area contributed by atoms with Crippen LogP contribution in [-0.2, 0) is 19.5 Å². The maximum absolute atomic E-state index is 12.9. The lowest BCUT2D eigenvalue weighted by Crippen LogP contribution is -2.50. The molecule has 0 unspecified atom stereocenters.